The maximum Gasteiger partial charge on any atom is 0.295 e. The van der Waals surface area contributed by atoms with E-state index < -0.39 is 22.2 Å². The van der Waals surface area contributed by atoms with Crippen molar-refractivity contribution in [1.82, 2.24) is 4.73 Å². The number of hydrogen-bond donors (Lipinski definition) is 1. The van der Waals surface area contributed by atoms with E-state index in [1.807, 2.05) is 0 Å². The lowest BCUT2D eigenvalue weighted by atomic mass is 10.2. The summed E-state index contributed by atoms with van der Waals surface area (Å²) in [5, 5.41) is 13.2. The molecular formula is C19H14FN3O5. The van der Waals surface area contributed by atoms with Crippen LogP contribution in [0.1, 0.15) is 15.9 Å². The molecule has 0 radical (unpaired) electrons. The lowest BCUT2D eigenvalue weighted by molar-refractivity contribution is -0.384. The van der Waals surface area contributed by atoms with Gasteiger partial charge in [0.25, 0.3) is 17.2 Å². The summed E-state index contributed by atoms with van der Waals surface area (Å²) in [6.07, 6.45) is 1.35. The van der Waals surface area contributed by atoms with Crippen LogP contribution in [0.15, 0.2) is 71.7 Å². The molecule has 1 heterocycles. The van der Waals surface area contributed by atoms with Gasteiger partial charge in [0.15, 0.2) is 0 Å². The van der Waals surface area contributed by atoms with Gasteiger partial charge in [-0.2, -0.15) is 4.73 Å². The van der Waals surface area contributed by atoms with Gasteiger partial charge in [0.05, 0.1) is 4.92 Å². The number of carbonyl (C=O) groups excluding carboxylic acids is 1. The fourth-order valence-corrected chi connectivity index (χ4v) is 2.34. The first-order valence-corrected chi connectivity index (χ1v) is 8.09. The molecular weight excluding hydrogens is 369 g/mol. The van der Waals surface area contributed by atoms with E-state index in [9.17, 15) is 24.1 Å². The van der Waals surface area contributed by atoms with Gasteiger partial charge in [0.2, 0.25) is 0 Å². The van der Waals surface area contributed by atoms with E-state index >= 15 is 0 Å². The highest BCUT2D eigenvalue weighted by Crippen LogP contribution is 2.12. The summed E-state index contributed by atoms with van der Waals surface area (Å²) in [5.74, 6) is -1.11. The van der Waals surface area contributed by atoms with E-state index in [4.69, 9.17) is 4.84 Å². The molecule has 0 saturated carbocycles. The van der Waals surface area contributed by atoms with E-state index in [1.54, 1.807) is 0 Å². The summed E-state index contributed by atoms with van der Waals surface area (Å²) in [6.45, 7) is -0.0268. The molecule has 0 spiro atoms. The molecule has 0 unspecified atom stereocenters. The summed E-state index contributed by atoms with van der Waals surface area (Å²) >= 11 is 0. The predicted octanol–water partition coefficient (Wildman–Crippen LogP) is 2.78. The van der Waals surface area contributed by atoms with Crippen molar-refractivity contribution in [3.05, 3.63) is 104 Å². The van der Waals surface area contributed by atoms with Gasteiger partial charge in [-0.1, -0.05) is 0 Å². The van der Waals surface area contributed by atoms with Crippen LogP contribution in [0.3, 0.4) is 0 Å². The molecule has 1 amide bonds. The second kappa shape index (κ2) is 8.12. The number of nitro groups is 1. The van der Waals surface area contributed by atoms with Crippen molar-refractivity contribution >= 4 is 17.3 Å². The van der Waals surface area contributed by atoms with E-state index in [2.05, 4.69) is 5.32 Å². The average molecular weight is 383 g/mol. The Labute approximate surface area is 157 Å². The van der Waals surface area contributed by atoms with Crippen molar-refractivity contribution in [2.75, 3.05) is 5.32 Å². The van der Waals surface area contributed by atoms with E-state index in [0.717, 1.165) is 4.73 Å². The molecule has 0 saturated heterocycles. The van der Waals surface area contributed by atoms with Crippen molar-refractivity contribution in [3.8, 4) is 0 Å². The van der Waals surface area contributed by atoms with Crippen molar-refractivity contribution in [1.29, 1.82) is 0 Å². The largest absolute Gasteiger partial charge is 0.406 e. The molecule has 0 aliphatic carbocycles. The highest BCUT2D eigenvalue weighted by atomic mass is 19.1. The normalized spacial score (nSPS) is 10.3. The Morgan fingerprint density at radius 3 is 2.43 bits per heavy atom. The molecule has 28 heavy (non-hydrogen) atoms. The molecule has 9 heteroatoms. The second-order valence-corrected chi connectivity index (χ2v) is 5.71. The van der Waals surface area contributed by atoms with Crippen molar-refractivity contribution in [2.24, 2.45) is 0 Å². The fraction of sp³-hybridized carbons (Fsp3) is 0.0526. The number of anilines is 1. The molecule has 3 rings (SSSR count). The predicted molar refractivity (Wildman–Crippen MR) is 98.4 cm³/mol. The first-order chi connectivity index (χ1) is 13.4. The van der Waals surface area contributed by atoms with Crippen LogP contribution in [0, 0.1) is 15.9 Å². The van der Waals surface area contributed by atoms with Gasteiger partial charge in [0.1, 0.15) is 18.0 Å². The number of pyridine rings is 1. The van der Waals surface area contributed by atoms with Crippen LogP contribution in [0.5, 0.6) is 0 Å². The standard InChI is InChI=1S/C19H14FN3O5/c20-14-5-7-15(8-6-14)21-18(24)17-2-1-11-22(19(17)25)28-12-13-3-9-16(10-4-13)23(26)27/h1-11H,12H2,(H,21,24). The quantitative estimate of drug-likeness (QED) is 0.521. The molecule has 1 N–H and O–H groups in total. The number of nitro benzene ring substituents is 1. The molecule has 0 aliphatic rings. The molecule has 0 atom stereocenters. The minimum absolute atomic E-state index is 0.0268. The number of aromatic nitrogens is 1. The van der Waals surface area contributed by atoms with Crippen molar-refractivity contribution < 1.29 is 18.9 Å². The summed E-state index contributed by atoms with van der Waals surface area (Å²) in [6, 6.07) is 13.6. The van der Waals surface area contributed by atoms with Crippen LogP contribution < -0.4 is 15.7 Å². The van der Waals surface area contributed by atoms with Crippen molar-refractivity contribution in [2.45, 2.75) is 6.61 Å². The molecule has 142 valence electrons. The van der Waals surface area contributed by atoms with E-state index in [-0.39, 0.29) is 17.9 Å². The first-order valence-electron chi connectivity index (χ1n) is 8.09. The highest BCUT2D eigenvalue weighted by Gasteiger charge is 2.13. The third-order valence-electron chi connectivity index (χ3n) is 3.78. The summed E-state index contributed by atoms with van der Waals surface area (Å²) in [5.41, 5.74) is 0.0617. The van der Waals surface area contributed by atoms with E-state index in [1.165, 1.54) is 66.9 Å². The lowest BCUT2D eigenvalue weighted by Gasteiger charge is -2.10. The zero-order valence-electron chi connectivity index (χ0n) is 14.4. The zero-order chi connectivity index (χ0) is 20.1. The van der Waals surface area contributed by atoms with Gasteiger partial charge in [-0.15, -0.1) is 0 Å². The molecule has 3 aromatic rings. The van der Waals surface area contributed by atoms with Crippen LogP contribution in [0.25, 0.3) is 0 Å². The Balaban J connectivity index is 1.71. The third kappa shape index (κ3) is 4.39. The SMILES string of the molecule is O=C(Nc1ccc(F)cc1)c1cccn(OCc2ccc([N+](=O)[O-])cc2)c1=O. The summed E-state index contributed by atoms with van der Waals surface area (Å²) < 4.78 is 13.8. The van der Waals surface area contributed by atoms with Gasteiger partial charge in [-0.25, -0.2) is 4.39 Å². The number of non-ortho nitro benzene ring substituents is 1. The number of hydrogen-bond acceptors (Lipinski definition) is 5. The second-order valence-electron chi connectivity index (χ2n) is 5.71. The number of nitrogens with zero attached hydrogens (tertiary/aromatic N) is 2. The maximum absolute atomic E-state index is 12.9. The van der Waals surface area contributed by atoms with Gasteiger partial charge < -0.3 is 10.2 Å². The molecule has 8 nitrogen and oxygen atoms in total. The fourth-order valence-electron chi connectivity index (χ4n) is 2.34. The highest BCUT2D eigenvalue weighted by molar-refractivity contribution is 6.03. The summed E-state index contributed by atoms with van der Waals surface area (Å²) in [4.78, 5) is 40.3. The smallest absolute Gasteiger partial charge is 0.295 e. The Kier molecular flexibility index (Phi) is 5.45. The van der Waals surface area contributed by atoms with Gasteiger partial charge in [-0.3, -0.25) is 19.7 Å². The number of rotatable bonds is 6. The summed E-state index contributed by atoms with van der Waals surface area (Å²) in [7, 11) is 0. The number of benzene rings is 2. The Morgan fingerprint density at radius 2 is 1.79 bits per heavy atom. The lowest BCUT2D eigenvalue weighted by Crippen LogP contribution is -2.32. The molecule has 0 aliphatic heterocycles. The van der Waals surface area contributed by atoms with Crippen LogP contribution in [0.2, 0.25) is 0 Å². The molecule has 0 fully saturated rings. The van der Waals surface area contributed by atoms with Gasteiger partial charge >= 0.3 is 0 Å². The average Bonchev–Trinajstić information content (AvgIpc) is 2.69. The Hall–Kier alpha value is -4.01. The van der Waals surface area contributed by atoms with Crippen LogP contribution >= 0.6 is 0 Å². The minimum atomic E-state index is -0.677. The van der Waals surface area contributed by atoms with Gasteiger partial charge in [-0.05, 0) is 54.1 Å². The van der Waals surface area contributed by atoms with Crippen molar-refractivity contribution in [3.63, 3.8) is 0 Å². The number of halogens is 1. The molecule has 1 aromatic heterocycles. The Bertz CT molecular complexity index is 1060. The van der Waals surface area contributed by atoms with Gasteiger partial charge in [0, 0.05) is 24.0 Å². The van der Waals surface area contributed by atoms with Crippen LogP contribution in [-0.2, 0) is 6.61 Å². The molecule has 2 aromatic carbocycles. The number of carbonyl (C=O) groups is 1. The van der Waals surface area contributed by atoms with E-state index in [0.29, 0.717) is 11.3 Å². The number of amides is 1. The first kappa shape index (κ1) is 18.8. The van der Waals surface area contributed by atoms with Crippen LogP contribution in [0.4, 0.5) is 15.8 Å². The molecule has 0 bridgehead atoms. The topological polar surface area (TPSA) is 103 Å². The maximum atomic E-state index is 12.9. The number of nitrogens with one attached hydrogen (secondary N) is 1. The van der Waals surface area contributed by atoms with Crippen LogP contribution in [-0.4, -0.2) is 15.6 Å². The monoisotopic (exact) mass is 383 g/mol. The Morgan fingerprint density at radius 1 is 1.11 bits per heavy atom. The zero-order valence-corrected chi connectivity index (χ0v) is 14.4. The third-order valence-corrected chi connectivity index (χ3v) is 3.78. The minimum Gasteiger partial charge on any atom is -0.406 e.